The molecule has 2 aromatic rings. The second-order valence-corrected chi connectivity index (χ2v) is 8.31. The normalized spacial score (nSPS) is 19.6. The van der Waals surface area contributed by atoms with Crippen molar-refractivity contribution in [2.24, 2.45) is 5.92 Å². The van der Waals surface area contributed by atoms with E-state index in [-0.39, 0.29) is 6.61 Å². The summed E-state index contributed by atoms with van der Waals surface area (Å²) in [5, 5.41) is 13.3. The highest BCUT2D eigenvalue weighted by Gasteiger charge is 2.35. The number of nitrogens with zero attached hydrogens (tertiary/aromatic N) is 2. The van der Waals surface area contributed by atoms with Crippen molar-refractivity contribution in [3.63, 3.8) is 0 Å². The van der Waals surface area contributed by atoms with E-state index in [0.29, 0.717) is 33.9 Å². The van der Waals surface area contributed by atoms with Gasteiger partial charge >= 0.3 is 12.0 Å². The molecule has 9 nitrogen and oxygen atoms in total. The van der Waals surface area contributed by atoms with Crippen LogP contribution in [-0.4, -0.2) is 39.5 Å². The number of furan rings is 1. The summed E-state index contributed by atoms with van der Waals surface area (Å²) >= 11 is 1.35. The third kappa shape index (κ3) is 4.69. The van der Waals surface area contributed by atoms with Crippen molar-refractivity contribution in [3.8, 4) is 0 Å². The molecule has 3 N–H and O–H groups in total. The zero-order valence-corrected chi connectivity index (χ0v) is 17.6. The van der Waals surface area contributed by atoms with Crippen molar-refractivity contribution >= 4 is 23.8 Å². The molecule has 1 aliphatic heterocycles. The fraction of sp³-hybridized carbons (Fsp3) is 0.500. The van der Waals surface area contributed by atoms with Gasteiger partial charge < -0.3 is 19.8 Å². The number of hydrogen-bond acceptors (Lipinski definition) is 7. The van der Waals surface area contributed by atoms with E-state index in [0.717, 1.165) is 12.2 Å². The lowest BCUT2D eigenvalue weighted by atomic mass is 10.0. The van der Waals surface area contributed by atoms with Gasteiger partial charge in [-0.3, -0.25) is 5.10 Å². The van der Waals surface area contributed by atoms with Crippen LogP contribution >= 0.6 is 11.8 Å². The lowest BCUT2D eigenvalue weighted by molar-refractivity contribution is -0.139. The van der Waals surface area contributed by atoms with Crippen molar-refractivity contribution < 1.29 is 18.7 Å². The van der Waals surface area contributed by atoms with E-state index in [4.69, 9.17) is 9.15 Å². The number of amides is 2. The van der Waals surface area contributed by atoms with Crippen LogP contribution in [0.15, 0.2) is 39.2 Å². The molecule has 2 aromatic heterocycles. The second kappa shape index (κ2) is 9.38. The SMILES string of the molecule is CCOC(=O)C1=C(CSc2n[nH]c(CC3CCCC3)n2)NC(=O)NC1c1ccco1. The fourth-order valence-electron chi connectivity index (χ4n) is 3.91. The van der Waals surface area contributed by atoms with E-state index < -0.39 is 18.0 Å². The van der Waals surface area contributed by atoms with Gasteiger partial charge in [0.1, 0.15) is 17.6 Å². The molecule has 0 radical (unpaired) electrons. The monoisotopic (exact) mass is 431 g/mol. The maximum atomic E-state index is 12.7. The van der Waals surface area contributed by atoms with Crippen molar-refractivity contribution in [1.82, 2.24) is 25.8 Å². The van der Waals surface area contributed by atoms with Gasteiger partial charge in [-0.25, -0.2) is 14.6 Å². The number of rotatable bonds is 8. The summed E-state index contributed by atoms with van der Waals surface area (Å²) < 4.78 is 10.7. The van der Waals surface area contributed by atoms with Crippen molar-refractivity contribution in [3.05, 3.63) is 41.3 Å². The van der Waals surface area contributed by atoms with Gasteiger partial charge in [0.2, 0.25) is 5.16 Å². The molecule has 4 rings (SSSR count). The lowest BCUT2D eigenvalue weighted by Crippen LogP contribution is -2.46. The van der Waals surface area contributed by atoms with E-state index in [2.05, 4.69) is 25.8 Å². The molecule has 0 aromatic carbocycles. The molecule has 1 aliphatic carbocycles. The highest BCUT2D eigenvalue weighted by molar-refractivity contribution is 7.99. The molecule has 3 heterocycles. The van der Waals surface area contributed by atoms with Gasteiger partial charge in [0.05, 0.1) is 18.4 Å². The van der Waals surface area contributed by atoms with Gasteiger partial charge in [-0.1, -0.05) is 37.4 Å². The Morgan fingerprint density at radius 1 is 1.37 bits per heavy atom. The number of esters is 1. The molecule has 1 atom stereocenters. The van der Waals surface area contributed by atoms with E-state index in [1.165, 1.54) is 43.7 Å². The maximum Gasteiger partial charge on any atom is 0.338 e. The van der Waals surface area contributed by atoms with E-state index in [9.17, 15) is 9.59 Å². The molecule has 10 heteroatoms. The Bertz CT molecular complexity index is 918. The molecular weight excluding hydrogens is 406 g/mol. The maximum absolute atomic E-state index is 12.7. The summed E-state index contributed by atoms with van der Waals surface area (Å²) in [4.78, 5) is 29.4. The first kappa shape index (κ1) is 20.5. The third-order valence-corrected chi connectivity index (χ3v) is 6.16. The van der Waals surface area contributed by atoms with Gasteiger partial charge in [-0.2, -0.15) is 0 Å². The smallest absolute Gasteiger partial charge is 0.338 e. The summed E-state index contributed by atoms with van der Waals surface area (Å²) in [6.45, 7) is 1.97. The number of urea groups is 1. The van der Waals surface area contributed by atoms with Crippen LogP contribution in [0.5, 0.6) is 0 Å². The van der Waals surface area contributed by atoms with Crippen LogP contribution in [0.3, 0.4) is 0 Å². The van der Waals surface area contributed by atoms with Crippen LogP contribution in [0.4, 0.5) is 4.79 Å². The van der Waals surface area contributed by atoms with Gasteiger partial charge in [0, 0.05) is 17.9 Å². The summed E-state index contributed by atoms with van der Waals surface area (Å²) in [7, 11) is 0. The number of aromatic amines is 1. The fourth-order valence-corrected chi connectivity index (χ4v) is 4.69. The second-order valence-electron chi connectivity index (χ2n) is 7.37. The standard InChI is InChI=1S/C20H25N5O4S/c1-2-28-18(26)16-13(21-19(27)23-17(16)14-8-5-9-29-14)11-30-20-22-15(24-25-20)10-12-6-3-4-7-12/h5,8-9,12,17H,2-4,6-7,10-11H2,1H3,(H2,21,23,27)(H,22,24,25). The van der Waals surface area contributed by atoms with Crippen LogP contribution in [0, 0.1) is 5.92 Å². The molecule has 2 amide bonds. The van der Waals surface area contributed by atoms with E-state index in [1.54, 1.807) is 19.1 Å². The highest BCUT2D eigenvalue weighted by Crippen LogP contribution is 2.31. The first-order chi connectivity index (χ1) is 14.6. The van der Waals surface area contributed by atoms with Crippen LogP contribution in [0.2, 0.25) is 0 Å². The number of carbonyl (C=O) groups excluding carboxylic acids is 2. The largest absolute Gasteiger partial charge is 0.467 e. The molecule has 1 saturated carbocycles. The molecule has 2 aliphatic rings. The van der Waals surface area contributed by atoms with E-state index >= 15 is 0 Å². The first-order valence-corrected chi connectivity index (χ1v) is 11.2. The minimum Gasteiger partial charge on any atom is -0.467 e. The number of nitrogens with one attached hydrogen (secondary N) is 3. The third-order valence-electron chi connectivity index (χ3n) is 5.29. The molecule has 1 fully saturated rings. The van der Waals surface area contributed by atoms with E-state index in [1.807, 2.05) is 0 Å². The number of thioether (sulfide) groups is 1. The van der Waals surface area contributed by atoms with Crippen LogP contribution in [0.1, 0.15) is 50.2 Å². The summed E-state index contributed by atoms with van der Waals surface area (Å²) in [6.07, 6.45) is 7.47. The Labute approximate surface area is 178 Å². The molecule has 0 saturated heterocycles. The van der Waals surface area contributed by atoms with Crippen LogP contribution in [0.25, 0.3) is 0 Å². The van der Waals surface area contributed by atoms with Crippen LogP contribution in [-0.2, 0) is 16.0 Å². The Hall–Kier alpha value is -2.75. The molecule has 0 bridgehead atoms. The van der Waals surface area contributed by atoms with Gasteiger partial charge in [-0.15, -0.1) is 5.10 Å². The minimum absolute atomic E-state index is 0.229. The van der Waals surface area contributed by atoms with Crippen molar-refractivity contribution in [1.29, 1.82) is 0 Å². The Morgan fingerprint density at radius 2 is 2.20 bits per heavy atom. The molecule has 30 heavy (non-hydrogen) atoms. The van der Waals surface area contributed by atoms with Gasteiger partial charge in [0.25, 0.3) is 0 Å². The number of H-pyrrole nitrogens is 1. The highest BCUT2D eigenvalue weighted by atomic mass is 32.2. The first-order valence-electron chi connectivity index (χ1n) is 10.2. The predicted molar refractivity (Wildman–Crippen MR) is 110 cm³/mol. The zero-order chi connectivity index (χ0) is 20.9. The molecule has 0 spiro atoms. The Balaban J connectivity index is 1.51. The topological polar surface area (TPSA) is 122 Å². The number of hydrogen-bond donors (Lipinski definition) is 3. The summed E-state index contributed by atoms with van der Waals surface area (Å²) in [5.41, 5.74) is 0.784. The van der Waals surface area contributed by atoms with Crippen molar-refractivity contribution in [2.45, 2.75) is 50.2 Å². The molecular formula is C20H25N5O4S. The van der Waals surface area contributed by atoms with Crippen molar-refractivity contribution in [2.75, 3.05) is 12.4 Å². The lowest BCUT2D eigenvalue weighted by Gasteiger charge is -2.27. The average molecular weight is 432 g/mol. The summed E-state index contributed by atoms with van der Waals surface area (Å²) in [6, 6.07) is 2.30. The van der Waals surface area contributed by atoms with Crippen LogP contribution < -0.4 is 10.6 Å². The van der Waals surface area contributed by atoms with Gasteiger partial charge in [-0.05, 0) is 25.0 Å². The Kier molecular flexibility index (Phi) is 6.41. The number of ether oxygens (including phenoxy) is 1. The minimum atomic E-state index is -0.714. The Morgan fingerprint density at radius 3 is 2.93 bits per heavy atom. The quantitative estimate of drug-likeness (QED) is 0.434. The zero-order valence-electron chi connectivity index (χ0n) is 16.8. The predicted octanol–water partition coefficient (Wildman–Crippen LogP) is 3.09. The summed E-state index contributed by atoms with van der Waals surface area (Å²) in [5.74, 6) is 1.84. The molecule has 1 unspecified atom stereocenters. The molecule has 160 valence electrons. The number of aromatic nitrogens is 3. The van der Waals surface area contributed by atoms with Gasteiger partial charge in [0.15, 0.2) is 0 Å². The number of carbonyl (C=O) groups is 2. The average Bonchev–Trinajstić information content (AvgIpc) is 3.49.